The number of rotatable bonds is 10. The predicted molar refractivity (Wildman–Crippen MR) is 174 cm³/mol. The van der Waals surface area contributed by atoms with Crippen molar-refractivity contribution in [1.29, 1.82) is 0 Å². The van der Waals surface area contributed by atoms with Crippen LogP contribution in [0.15, 0.2) is 48.3 Å². The topological polar surface area (TPSA) is 90.9 Å². The highest BCUT2D eigenvalue weighted by Gasteiger charge is 2.22. The number of carbonyl (C=O) groups excluding carboxylic acids is 2. The summed E-state index contributed by atoms with van der Waals surface area (Å²) in [6, 6.07) is 9.53. The van der Waals surface area contributed by atoms with Crippen LogP contribution in [0, 0.1) is 6.92 Å². The lowest BCUT2D eigenvalue weighted by Gasteiger charge is -2.35. The van der Waals surface area contributed by atoms with Gasteiger partial charge in [-0.25, -0.2) is 9.97 Å². The van der Waals surface area contributed by atoms with Crippen LogP contribution in [0.2, 0.25) is 10.0 Å². The van der Waals surface area contributed by atoms with Crippen molar-refractivity contribution in [3.8, 4) is 5.75 Å². The molecule has 9 nitrogen and oxygen atoms in total. The van der Waals surface area contributed by atoms with E-state index in [0.717, 1.165) is 49.5 Å². The van der Waals surface area contributed by atoms with Crippen LogP contribution in [0.3, 0.4) is 0 Å². The third-order valence-electron chi connectivity index (χ3n) is 7.54. The summed E-state index contributed by atoms with van der Waals surface area (Å²) in [5.41, 5.74) is 5.66. The molecule has 4 rings (SSSR count). The molecule has 3 aromatic rings. The molecule has 1 aromatic heterocycles. The molecule has 1 fully saturated rings. The Balaban J connectivity index is 1.55. The van der Waals surface area contributed by atoms with Gasteiger partial charge in [0.05, 0.1) is 24.2 Å². The number of anilines is 3. The number of ether oxygens (including phenoxy) is 1. The van der Waals surface area contributed by atoms with E-state index >= 15 is 0 Å². The maximum atomic E-state index is 13.3. The normalized spacial score (nSPS) is 13.8. The van der Waals surface area contributed by atoms with Gasteiger partial charge in [-0.3, -0.25) is 14.5 Å². The van der Waals surface area contributed by atoms with Gasteiger partial charge < -0.3 is 19.9 Å². The molecule has 2 aromatic carbocycles. The maximum Gasteiger partial charge on any atom is 0.249 e. The minimum Gasteiger partial charge on any atom is -0.495 e. The second-order valence-corrected chi connectivity index (χ2v) is 11.2. The van der Waals surface area contributed by atoms with Crippen molar-refractivity contribution in [2.75, 3.05) is 62.0 Å². The monoisotopic (exact) mass is 644 g/mol. The van der Waals surface area contributed by atoms with E-state index in [1.807, 2.05) is 19.1 Å². The summed E-state index contributed by atoms with van der Waals surface area (Å²) in [7, 11) is 3.15. The summed E-state index contributed by atoms with van der Waals surface area (Å²) in [6.45, 7) is 8.82. The lowest BCUT2D eigenvalue weighted by molar-refractivity contribution is -0.117. The Bertz CT molecular complexity index is 1510. The molecule has 0 saturated carbocycles. The molecule has 0 radical (unpaired) electrons. The Labute approximate surface area is 267 Å². The van der Waals surface area contributed by atoms with Crippen LogP contribution in [0.5, 0.6) is 5.75 Å². The molecule has 12 heteroatoms. The average Bonchev–Trinajstić information content (AvgIpc) is 3.01. The van der Waals surface area contributed by atoms with Crippen molar-refractivity contribution < 1.29 is 14.3 Å². The van der Waals surface area contributed by atoms with Crippen LogP contribution in [0.25, 0.3) is 0 Å². The molecule has 0 aliphatic carbocycles. The van der Waals surface area contributed by atoms with Gasteiger partial charge in [0.15, 0.2) is 0 Å². The molecule has 1 aliphatic rings. The molecule has 2 heterocycles. The highest BCUT2D eigenvalue weighted by Crippen LogP contribution is 2.36. The second-order valence-electron chi connectivity index (χ2n) is 10.2. The lowest BCUT2D eigenvalue weighted by atomic mass is 10.0. The minimum absolute atomic E-state index is 0.0379. The van der Waals surface area contributed by atoms with E-state index in [9.17, 15) is 9.59 Å². The number of carbonyl (C=O) groups is 2. The van der Waals surface area contributed by atoms with Gasteiger partial charge in [-0.15, -0.1) is 0 Å². The zero-order valence-electron chi connectivity index (χ0n) is 24.7. The standard InChI is InChI=1S/C31H35Cl3N6O3/c1-5-39-10-12-40(13-11-39)23-7-6-21(25(17-23)37-28(41)8-9-32)15-22-16-27(36-19-35-22)38(3)29(42)18-24-30(33)20(2)14-26(43-4)31(24)34/h6-9,14,16-17,19H,5,10-13,15,18H2,1-4H3,(H,37,41)/b9-8-. The number of nitrogens with zero attached hydrogens (tertiary/aromatic N) is 5. The maximum absolute atomic E-state index is 13.3. The first-order chi connectivity index (χ1) is 20.6. The third-order valence-corrected chi connectivity index (χ3v) is 8.60. The number of halogens is 3. The van der Waals surface area contributed by atoms with Gasteiger partial charge in [-0.1, -0.05) is 47.8 Å². The van der Waals surface area contributed by atoms with Crippen molar-refractivity contribution in [2.45, 2.75) is 26.7 Å². The summed E-state index contributed by atoms with van der Waals surface area (Å²) < 4.78 is 5.34. The smallest absolute Gasteiger partial charge is 0.249 e. The highest BCUT2D eigenvalue weighted by atomic mass is 35.5. The molecule has 0 bridgehead atoms. The molecule has 228 valence electrons. The fourth-order valence-corrected chi connectivity index (χ4v) is 5.63. The molecule has 0 unspecified atom stereocenters. The summed E-state index contributed by atoms with van der Waals surface area (Å²) in [4.78, 5) is 40.7. The molecule has 0 spiro atoms. The molecule has 1 N–H and O–H groups in total. The first kappa shape index (κ1) is 32.5. The van der Waals surface area contributed by atoms with Crippen molar-refractivity contribution in [2.24, 2.45) is 0 Å². The lowest BCUT2D eigenvalue weighted by Crippen LogP contribution is -2.46. The second kappa shape index (κ2) is 14.9. The molecule has 43 heavy (non-hydrogen) atoms. The minimum atomic E-state index is -0.331. The highest BCUT2D eigenvalue weighted by molar-refractivity contribution is 6.37. The van der Waals surface area contributed by atoms with E-state index < -0.39 is 0 Å². The van der Waals surface area contributed by atoms with Gasteiger partial charge in [-0.2, -0.15) is 0 Å². The predicted octanol–water partition coefficient (Wildman–Crippen LogP) is 5.73. The van der Waals surface area contributed by atoms with E-state index in [0.29, 0.717) is 45.0 Å². The number of benzene rings is 2. The number of piperazine rings is 1. The third kappa shape index (κ3) is 7.97. The zero-order valence-corrected chi connectivity index (χ0v) is 26.9. The molecular formula is C31H35Cl3N6O3. The number of aromatic nitrogens is 2. The van der Waals surface area contributed by atoms with Crippen molar-refractivity contribution in [3.05, 3.63) is 80.7 Å². The molecule has 2 amide bonds. The van der Waals surface area contributed by atoms with E-state index in [4.69, 9.17) is 39.5 Å². The molecule has 1 saturated heterocycles. The van der Waals surface area contributed by atoms with Gasteiger partial charge in [0.1, 0.15) is 17.9 Å². The fourth-order valence-electron chi connectivity index (χ4n) is 4.95. The van der Waals surface area contributed by atoms with Crippen LogP contribution in [-0.4, -0.2) is 73.6 Å². The number of hydrogen-bond donors (Lipinski definition) is 1. The number of amides is 2. The summed E-state index contributed by atoms with van der Waals surface area (Å²) in [5.74, 6) is 0.289. The number of aryl methyl sites for hydroxylation is 1. The van der Waals surface area contributed by atoms with Crippen molar-refractivity contribution >= 4 is 63.8 Å². The van der Waals surface area contributed by atoms with Gasteiger partial charge >= 0.3 is 0 Å². The Morgan fingerprint density at radius 3 is 2.51 bits per heavy atom. The van der Waals surface area contributed by atoms with E-state index in [2.05, 4.69) is 38.1 Å². The number of methoxy groups -OCH3 is 1. The fraction of sp³-hybridized carbons (Fsp3) is 0.355. The summed E-state index contributed by atoms with van der Waals surface area (Å²) in [6.07, 6.45) is 3.04. The Hall–Kier alpha value is -3.37. The van der Waals surface area contributed by atoms with Crippen LogP contribution >= 0.6 is 34.8 Å². The Morgan fingerprint density at radius 1 is 1.09 bits per heavy atom. The largest absolute Gasteiger partial charge is 0.495 e. The summed E-state index contributed by atoms with van der Waals surface area (Å²) >= 11 is 18.6. The first-order valence-corrected chi connectivity index (χ1v) is 15.1. The molecular weight excluding hydrogens is 611 g/mol. The average molecular weight is 646 g/mol. The van der Waals surface area contributed by atoms with Gasteiger partial charge in [0.2, 0.25) is 11.8 Å². The number of nitrogens with one attached hydrogen (secondary N) is 1. The van der Waals surface area contributed by atoms with Crippen molar-refractivity contribution in [3.63, 3.8) is 0 Å². The van der Waals surface area contributed by atoms with Crippen LogP contribution < -0.4 is 19.9 Å². The SMILES string of the molecule is CCN1CCN(c2ccc(Cc3cc(N(C)C(=O)Cc4c(Cl)c(C)cc(OC)c4Cl)ncn3)c(NC(=O)/C=C\Cl)c2)CC1. The summed E-state index contributed by atoms with van der Waals surface area (Å²) in [5, 5.41) is 3.67. The van der Waals surface area contributed by atoms with Gasteiger partial charge in [0.25, 0.3) is 0 Å². The van der Waals surface area contributed by atoms with Gasteiger partial charge in [-0.05, 0) is 42.8 Å². The number of hydrogen-bond acceptors (Lipinski definition) is 7. The molecule has 1 aliphatic heterocycles. The van der Waals surface area contributed by atoms with E-state index in [1.54, 1.807) is 19.2 Å². The molecule has 0 atom stereocenters. The quantitative estimate of drug-likeness (QED) is 0.282. The first-order valence-electron chi connectivity index (χ1n) is 13.9. The van der Waals surface area contributed by atoms with Crippen LogP contribution in [0.4, 0.5) is 17.2 Å². The number of likely N-dealkylation sites (N-methyl/N-ethyl adjacent to an activating group) is 2. The Morgan fingerprint density at radius 2 is 1.84 bits per heavy atom. The van der Waals surface area contributed by atoms with Crippen molar-refractivity contribution in [1.82, 2.24) is 14.9 Å². The zero-order chi connectivity index (χ0) is 31.1. The van der Waals surface area contributed by atoms with E-state index in [-0.39, 0.29) is 18.2 Å². The van der Waals surface area contributed by atoms with Gasteiger partial charge in [0, 0.05) is 79.3 Å². The Kier molecular flexibility index (Phi) is 11.3. The van der Waals surface area contributed by atoms with E-state index in [1.165, 1.54) is 29.9 Å². The van der Waals surface area contributed by atoms with Crippen LogP contribution in [0.1, 0.15) is 29.3 Å². The van der Waals surface area contributed by atoms with Crippen LogP contribution in [-0.2, 0) is 22.4 Å².